The van der Waals surface area contributed by atoms with Crippen LogP contribution in [0.3, 0.4) is 0 Å². The number of benzene rings is 2. The quantitative estimate of drug-likeness (QED) is 0.601. The van der Waals surface area contributed by atoms with Crippen LogP contribution in [-0.4, -0.2) is 5.97 Å². The van der Waals surface area contributed by atoms with Crippen molar-refractivity contribution in [2.75, 3.05) is 0 Å². The summed E-state index contributed by atoms with van der Waals surface area (Å²) in [7, 11) is 0. The van der Waals surface area contributed by atoms with E-state index in [4.69, 9.17) is 27.9 Å². The van der Waals surface area contributed by atoms with E-state index >= 15 is 0 Å². The van der Waals surface area contributed by atoms with Gasteiger partial charge in [0, 0.05) is 11.1 Å². The van der Waals surface area contributed by atoms with Gasteiger partial charge in [0.25, 0.3) is 0 Å². The van der Waals surface area contributed by atoms with Gasteiger partial charge in [0.1, 0.15) is 0 Å². The number of hydrogen-bond donors (Lipinski definition) is 0. The monoisotopic (exact) mass is 266 g/mol. The molecule has 2 nitrogen and oxygen atoms in total. The lowest BCUT2D eigenvalue weighted by atomic mass is 10.2. The molecular formula is C13H8Cl2O2. The largest absolute Gasteiger partial charge is 0.421 e. The molecule has 0 aliphatic rings. The van der Waals surface area contributed by atoms with Gasteiger partial charge in [0.05, 0.1) is 10.6 Å². The third-order valence-corrected chi connectivity index (χ3v) is 2.65. The molecule has 0 bridgehead atoms. The van der Waals surface area contributed by atoms with Crippen LogP contribution < -0.4 is 4.74 Å². The van der Waals surface area contributed by atoms with Crippen molar-refractivity contribution < 1.29 is 9.53 Å². The van der Waals surface area contributed by atoms with Gasteiger partial charge in [-0.2, -0.15) is 0 Å². The van der Waals surface area contributed by atoms with E-state index < -0.39 is 5.97 Å². The maximum absolute atomic E-state index is 11.8. The first-order valence-corrected chi connectivity index (χ1v) is 5.64. The van der Waals surface area contributed by atoms with Crippen molar-refractivity contribution in [2.45, 2.75) is 0 Å². The minimum absolute atomic E-state index is 0.257. The standard InChI is InChI=1S/C13H8Cl2O2/c14-10-6-7-11(15)12(8-10)17-13(16)9-4-2-1-3-5-9/h1-8H. The summed E-state index contributed by atoms with van der Waals surface area (Å²) in [5.41, 5.74) is 0.462. The molecule has 2 rings (SSSR count). The number of rotatable bonds is 2. The van der Waals surface area contributed by atoms with E-state index in [0.29, 0.717) is 15.6 Å². The molecule has 0 saturated heterocycles. The van der Waals surface area contributed by atoms with E-state index in [0.717, 1.165) is 0 Å². The number of hydrogen-bond acceptors (Lipinski definition) is 2. The molecule has 0 radical (unpaired) electrons. The molecule has 0 amide bonds. The average Bonchev–Trinajstić information content (AvgIpc) is 2.35. The number of halogens is 2. The Morgan fingerprint density at radius 3 is 2.41 bits per heavy atom. The summed E-state index contributed by atoms with van der Waals surface area (Å²) < 4.78 is 5.16. The maximum Gasteiger partial charge on any atom is 0.343 e. The van der Waals surface area contributed by atoms with E-state index in [2.05, 4.69) is 0 Å². The van der Waals surface area contributed by atoms with Crippen molar-refractivity contribution in [1.82, 2.24) is 0 Å². The van der Waals surface area contributed by atoms with Crippen LogP contribution in [0.5, 0.6) is 5.75 Å². The molecule has 0 aliphatic heterocycles. The van der Waals surface area contributed by atoms with Crippen LogP contribution in [-0.2, 0) is 0 Å². The second-order valence-electron chi connectivity index (χ2n) is 3.33. The Kier molecular flexibility index (Phi) is 3.67. The average molecular weight is 267 g/mol. The Labute approximate surface area is 109 Å². The molecule has 4 heteroatoms. The number of esters is 1. The first kappa shape index (κ1) is 12.0. The highest BCUT2D eigenvalue weighted by Gasteiger charge is 2.10. The molecule has 2 aromatic rings. The SMILES string of the molecule is O=C(Oc1cc(Cl)ccc1Cl)c1ccccc1. The Morgan fingerprint density at radius 1 is 1.00 bits per heavy atom. The first-order valence-electron chi connectivity index (χ1n) is 4.89. The van der Waals surface area contributed by atoms with Gasteiger partial charge in [0.15, 0.2) is 5.75 Å². The fraction of sp³-hybridized carbons (Fsp3) is 0. The van der Waals surface area contributed by atoms with Gasteiger partial charge in [-0.15, -0.1) is 0 Å². The lowest BCUT2D eigenvalue weighted by Gasteiger charge is -2.06. The normalized spacial score (nSPS) is 10.0. The molecule has 0 atom stereocenters. The summed E-state index contributed by atoms with van der Waals surface area (Å²) in [6.45, 7) is 0. The minimum Gasteiger partial charge on any atom is -0.421 e. The maximum atomic E-state index is 11.8. The van der Waals surface area contributed by atoms with Crippen molar-refractivity contribution in [2.24, 2.45) is 0 Å². The summed E-state index contributed by atoms with van der Waals surface area (Å²) in [4.78, 5) is 11.8. The van der Waals surface area contributed by atoms with Gasteiger partial charge in [-0.1, -0.05) is 41.4 Å². The highest BCUT2D eigenvalue weighted by Crippen LogP contribution is 2.28. The fourth-order valence-corrected chi connectivity index (χ4v) is 1.61. The smallest absolute Gasteiger partial charge is 0.343 e. The van der Waals surface area contributed by atoms with Crippen LogP contribution in [0.2, 0.25) is 10.0 Å². The number of ether oxygens (including phenoxy) is 1. The second-order valence-corrected chi connectivity index (χ2v) is 4.17. The first-order chi connectivity index (χ1) is 8.16. The van der Waals surface area contributed by atoms with Crippen molar-refractivity contribution in [3.8, 4) is 5.75 Å². The molecule has 0 unspecified atom stereocenters. The Hall–Kier alpha value is -1.51. The lowest BCUT2D eigenvalue weighted by Crippen LogP contribution is -2.08. The molecule has 2 aromatic carbocycles. The summed E-state index contributed by atoms with van der Waals surface area (Å²) >= 11 is 11.7. The van der Waals surface area contributed by atoms with E-state index in [9.17, 15) is 4.79 Å². The van der Waals surface area contributed by atoms with Crippen LogP contribution in [0.4, 0.5) is 0 Å². The molecular weight excluding hydrogens is 259 g/mol. The van der Waals surface area contributed by atoms with Crippen molar-refractivity contribution in [1.29, 1.82) is 0 Å². The Balaban J connectivity index is 2.22. The van der Waals surface area contributed by atoms with Crippen LogP contribution in [0.1, 0.15) is 10.4 Å². The summed E-state index contributed by atoms with van der Waals surface area (Å²) in [5.74, 6) is -0.206. The van der Waals surface area contributed by atoms with Gasteiger partial charge in [-0.05, 0) is 24.3 Å². The molecule has 17 heavy (non-hydrogen) atoms. The number of carbonyl (C=O) groups excluding carboxylic acids is 1. The van der Waals surface area contributed by atoms with Gasteiger partial charge in [-0.3, -0.25) is 0 Å². The molecule has 0 fully saturated rings. The minimum atomic E-state index is -0.463. The predicted octanol–water partition coefficient (Wildman–Crippen LogP) is 4.21. The number of carbonyl (C=O) groups is 1. The van der Waals surface area contributed by atoms with Crippen LogP contribution >= 0.6 is 23.2 Å². The highest BCUT2D eigenvalue weighted by atomic mass is 35.5. The van der Waals surface area contributed by atoms with Crippen LogP contribution in [0.25, 0.3) is 0 Å². The van der Waals surface area contributed by atoms with Crippen LogP contribution in [0, 0.1) is 0 Å². The zero-order valence-electron chi connectivity index (χ0n) is 8.69. The van der Waals surface area contributed by atoms with E-state index in [1.54, 1.807) is 36.4 Å². The lowest BCUT2D eigenvalue weighted by molar-refractivity contribution is 0.0735. The van der Waals surface area contributed by atoms with Crippen molar-refractivity contribution in [3.63, 3.8) is 0 Å². The van der Waals surface area contributed by atoms with E-state index in [1.165, 1.54) is 6.07 Å². The molecule has 0 aromatic heterocycles. The van der Waals surface area contributed by atoms with Crippen LogP contribution in [0.15, 0.2) is 48.5 Å². The highest BCUT2D eigenvalue weighted by molar-refractivity contribution is 6.34. The van der Waals surface area contributed by atoms with Gasteiger partial charge in [-0.25, -0.2) is 4.79 Å². The second kappa shape index (κ2) is 5.21. The summed E-state index contributed by atoms with van der Waals surface area (Å²) in [6, 6.07) is 13.4. The third-order valence-electron chi connectivity index (χ3n) is 2.11. The summed E-state index contributed by atoms with van der Waals surface area (Å²) in [5, 5.41) is 0.809. The third kappa shape index (κ3) is 2.99. The predicted molar refractivity (Wildman–Crippen MR) is 67.9 cm³/mol. The molecule has 0 N–H and O–H groups in total. The molecule has 0 spiro atoms. The zero-order chi connectivity index (χ0) is 12.3. The van der Waals surface area contributed by atoms with E-state index in [-0.39, 0.29) is 5.75 Å². The zero-order valence-corrected chi connectivity index (χ0v) is 10.2. The van der Waals surface area contributed by atoms with E-state index in [1.807, 2.05) is 6.07 Å². The molecule has 0 aliphatic carbocycles. The Morgan fingerprint density at radius 2 is 1.71 bits per heavy atom. The topological polar surface area (TPSA) is 26.3 Å². The van der Waals surface area contributed by atoms with Crippen molar-refractivity contribution >= 4 is 29.2 Å². The fourth-order valence-electron chi connectivity index (χ4n) is 1.29. The molecule has 86 valence electrons. The summed E-state index contributed by atoms with van der Waals surface area (Å²) in [6.07, 6.45) is 0. The molecule has 0 saturated carbocycles. The van der Waals surface area contributed by atoms with Gasteiger partial charge in [0.2, 0.25) is 0 Å². The van der Waals surface area contributed by atoms with Gasteiger partial charge >= 0.3 is 5.97 Å². The van der Waals surface area contributed by atoms with Crippen molar-refractivity contribution in [3.05, 3.63) is 64.1 Å². The Bertz CT molecular complexity index is 538. The molecule has 0 heterocycles. The van der Waals surface area contributed by atoms with Gasteiger partial charge < -0.3 is 4.74 Å².